The van der Waals surface area contributed by atoms with Crippen LogP contribution in [0.2, 0.25) is 0 Å². The molecule has 1 spiro atoms. The largest absolute Gasteiger partial charge is 0.466 e. The molecule has 6 atom stereocenters. The van der Waals surface area contributed by atoms with Crippen LogP contribution in [0.15, 0.2) is 24.3 Å². The van der Waals surface area contributed by atoms with Crippen molar-refractivity contribution < 1.29 is 24.2 Å². The fourth-order valence-corrected chi connectivity index (χ4v) is 8.86. The molecule has 37 heavy (non-hydrogen) atoms. The molecule has 2 N–H and O–H groups in total. The third kappa shape index (κ3) is 4.85. The number of hydrogen-bond acceptors (Lipinski definition) is 7. The Morgan fingerprint density at radius 3 is 2.46 bits per heavy atom. The summed E-state index contributed by atoms with van der Waals surface area (Å²) in [5, 5.41) is 13.4. The van der Waals surface area contributed by atoms with Crippen LogP contribution >= 0.6 is 11.8 Å². The summed E-state index contributed by atoms with van der Waals surface area (Å²) >= 11 is 1.61. The van der Waals surface area contributed by atoms with Gasteiger partial charge in [0.15, 0.2) is 0 Å². The van der Waals surface area contributed by atoms with E-state index in [-0.39, 0.29) is 42.2 Å². The average Bonchev–Trinajstić information content (AvgIpc) is 3.51. The first-order valence-corrected chi connectivity index (χ1v) is 14.5. The van der Waals surface area contributed by atoms with Gasteiger partial charge in [0.2, 0.25) is 11.8 Å². The van der Waals surface area contributed by atoms with Crippen molar-refractivity contribution in [2.24, 2.45) is 17.8 Å². The Morgan fingerprint density at radius 2 is 1.89 bits per heavy atom. The number of amides is 2. The molecule has 1 aromatic rings. The number of anilines is 2. The normalized spacial score (nSPS) is 28.9. The summed E-state index contributed by atoms with van der Waals surface area (Å²) in [6.07, 6.45) is 2.03. The highest BCUT2D eigenvalue weighted by molar-refractivity contribution is 8.02. The predicted octanol–water partition coefficient (Wildman–Crippen LogP) is 3.53. The molecular weight excluding hydrogens is 490 g/mol. The van der Waals surface area contributed by atoms with Crippen molar-refractivity contribution >= 4 is 40.9 Å². The van der Waals surface area contributed by atoms with Gasteiger partial charge in [0, 0.05) is 29.7 Å². The molecule has 8 nitrogen and oxygen atoms in total. The van der Waals surface area contributed by atoms with E-state index in [0.29, 0.717) is 18.5 Å². The standard InChI is InChI=1S/C28H41N3O5S/c1-6-30(7-2)19-11-9-18(10-12-19)29-25(33)24-28-14-13-21(37-28)22(27(35)36-8-3)23(28)26(34)31(24)20(16-32)15-17(4)5/h9-12,17,20-24,32H,6-8,13-16H2,1-5H3,(H,29,33)/t20-,21+,22-,23+,24?,28?/m1/s1. The third-order valence-electron chi connectivity index (χ3n) is 8.16. The number of esters is 1. The molecule has 3 saturated heterocycles. The summed E-state index contributed by atoms with van der Waals surface area (Å²) < 4.78 is 4.68. The van der Waals surface area contributed by atoms with Crippen molar-refractivity contribution in [2.75, 3.05) is 36.5 Å². The number of rotatable bonds is 11. The number of ether oxygens (including phenoxy) is 1. The zero-order valence-corrected chi connectivity index (χ0v) is 23.4. The Hall–Kier alpha value is -2.26. The maximum absolute atomic E-state index is 14.0. The minimum absolute atomic E-state index is 0.0310. The topological polar surface area (TPSA) is 99.2 Å². The van der Waals surface area contributed by atoms with Gasteiger partial charge in [0.05, 0.1) is 35.8 Å². The first-order chi connectivity index (χ1) is 17.7. The number of aliphatic hydroxyl groups is 1. The highest BCUT2D eigenvalue weighted by Gasteiger charge is 2.74. The number of carbonyl (C=O) groups excluding carboxylic acids is 3. The van der Waals surface area contributed by atoms with E-state index in [1.54, 1.807) is 23.6 Å². The van der Waals surface area contributed by atoms with Crippen LogP contribution in [0.25, 0.3) is 0 Å². The number of thioether (sulfide) groups is 1. The van der Waals surface area contributed by atoms with E-state index in [2.05, 4.69) is 24.1 Å². The van der Waals surface area contributed by atoms with Gasteiger partial charge in [-0.2, -0.15) is 0 Å². The smallest absolute Gasteiger partial charge is 0.310 e. The summed E-state index contributed by atoms with van der Waals surface area (Å²) in [6, 6.07) is 6.50. The predicted molar refractivity (Wildman–Crippen MR) is 147 cm³/mol. The number of carbonyl (C=O) groups is 3. The minimum Gasteiger partial charge on any atom is -0.466 e. The van der Waals surface area contributed by atoms with Crippen LogP contribution in [0.1, 0.15) is 53.9 Å². The highest BCUT2D eigenvalue weighted by Crippen LogP contribution is 2.66. The fourth-order valence-electron chi connectivity index (χ4n) is 6.67. The Kier molecular flexibility index (Phi) is 8.43. The van der Waals surface area contributed by atoms with Crippen molar-refractivity contribution in [3.63, 3.8) is 0 Å². The van der Waals surface area contributed by atoms with Crippen LogP contribution in [0.5, 0.6) is 0 Å². The average molecular weight is 532 g/mol. The van der Waals surface area contributed by atoms with E-state index in [1.165, 1.54) is 0 Å². The fraction of sp³-hybridized carbons (Fsp3) is 0.679. The van der Waals surface area contributed by atoms with Crippen LogP contribution in [0.4, 0.5) is 11.4 Å². The lowest BCUT2D eigenvalue weighted by atomic mass is 9.71. The van der Waals surface area contributed by atoms with Crippen molar-refractivity contribution in [3.8, 4) is 0 Å². The molecular formula is C28H41N3O5S. The quantitative estimate of drug-likeness (QED) is 0.422. The molecule has 0 saturated carbocycles. The second-order valence-corrected chi connectivity index (χ2v) is 12.3. The molecule has 4 rings (SSSR count). The minimum atomic E-state index is -0.766. The van der Waals surface area contributed by atoms with Gasteiger partial charge in [-0.3, -0.25) is 14.4 Å². The molecule has 0 aromatic heterocycles. The number of aliphatic hydroxyl groups excluding tert-OH is 1. The maximum Gasteiger partial charge on any atom is 0.310 e. The highest BCUT2D eigenvalue weighted by atomic mass is 32.2. The second kappa shape index (κ2) is 11.2. The monoisotopic (exact) mass is 531 g/mol. The van der Waals surface area contributed by atoms with Crippen molar-refractivity contribution in [1.82, 2.24) is 4.90 Å². The van der Waals surface area contributed by atoms with Gasteiger partial charge in [-0.05, 0) is 70.2 Å². The molecule has 3 fully saturated rings. The number of likely N-dealkylation sites (tertiary alicyclic amines) is 1. The molecule has 0 radical (unpaired) electrons. The first kappa shape index (κ1) is 27.8. The van der Waals surface area contributed by atoms with Gasteiger partial charge in [0.1, 0.15) is 6.04 Å². The van der Waals surface area contributed by atoms with Gasteiger partial charge in [-0.25, -0.2) is 0 Å². The van der Waals surface area contributed by atoms with E-state index in [9.17, 15) is 19.5 Å². The summed E-state index contributed by atoms with van der Waals surface area (Å²) in [7, 11) is 0. The number of nitrogens with one attached hydrogen (secondary N) is 1. The molecule has 0 aliphatic carbocycles. The summed E-state index contributed by atoms with van der Waals surface area (Å²) in [4.78, 5) is 44.9. The van der Waals surface area contributed by atoms with Crippen molar-refractivity contribution in [1.29, 1.82) is 0 Å². The third-order valence-corrected chi connectivity index (χ3v) is 10.1. The van der Waals surface area contributed by atoms with Crippen molar-refractivity contribution in [2.45, 2.75) is 76.0 Å². The molecule has 2 bridgehead atoms. The van der Waals surface area contributed by atoms with Gasteiger partial charge in [-0.1, -0.05) is 13.8 Å². The number of benzene rings is 1. The van der Waals surface area contributed by atoms with Crippen LogP contribution in [-0.2, 0) is 19.1 Å². The van der Waals surface area contributed by atoms with Gasteiger partial charge >= 0.3 is 5.97 Å². The Morgan fingerprint density at radius 1 is 1.22 bits per heavy atom. The lowest BCUT2D eigenvalue weighted by Crippen LogP contribution is -2.55. The van der Waals surface area contributed by atoms with Gasteiger partial charge in [0.25, 0.3) is 0 Å². The van der Waals surface area contributed by atoms with Crippen LogP contribution in [0.3, 0.4) is 0 Å². The van der Waals surface area contributed by atoms with Crippen LogP contribution in [0, 0.1) is 17.8 Å². The Labute approximate surface area is 224 Å². The lowest BCUT2D eigenvalue weighted by Gasteiger charge is -2.37. The van der Waals surface area contributed by atoms with Crippen LogP contribution in [-0.4, -0.2) is 76.2 Å². The molecule has 204 valence electrons. The molecule has 1 aromatic carbocycles. The molecule has 3 aliphatic rings. The maximum atomic E-state index is 14.0. The molecule has 2 unspecified atom stereocenters. The van der Waals surface area contributed by atoms with Gasteiger partial charge in [-0.15, -0.1) is 11.8 Å². The second-order valence-electron chi connectivity index (χ2n) is 10.7. The van der Waals surface area contributed by atoms with E-state index in [4.69, 9.17) is 4.74 Å². The van der Waals surface area contributed by atoms with E-state index in [1.807, 2.05) is 38.1 Å². The van der Waals surface area contributed by atoms with Crippen molar-refractivity contribution in [3.05, 3.63) is 24.3 Å². The van der Waals surface area contributed by atoms with Gasteiger partial charge < -0.3 is 25.0 Å². The SMILES string of the molecule is CCOC(=O)[C@@H]1[C@@H]2CCC3(S2)C(C(=O)Nc2ccc(N(CC)CC)cc2)N([C@@H](CO)CC(C)C)C(=O)[C@H]13. The molecule has 3 aliphatic heterocycles. The Balaban J connectivity index is 1.68. The summed E-state index contributed by atoms with van der Waals surface area (Å²) in [5.74, 6) is -1.76. The number of nitrogens with zero attached hydrogens (tertiary/aromatic N) is 2. The molecule has 9 heteroatoms. The first-order valence-electron chi connectivity index (χ1n) is 13.7. The van der Waals surface area contributed by atoms with Crippen LogP contribution < -0.4 is 10.2 Å². The zero-order chi connectivity index (χ0) is 26.9. The lowest BCUT2D eigenvalue weighted by molar-refractivity contribution is -0.154. The van der Waals surface area contributed by atoms with E-state index < -0.39 is 28.7 Å². The molecule has 3 heterocycles. The molecule has 2 amide bonds. The number of hydrogen-bond donors (Lipinski definition) is 2. The van der Waals surface area contributed by atoms with E-state index in [0.717, 1.165) is 25.2 Å². The van der Waals surface area contributed by atoms with E-state index >= 15 is 0 Å². The zero-order valence-electron chi connectivity index (χ0n) is 22.6. The summed E-state index contributed by atoms with van der Waals surface area (Å²) in [5.41, 5.74) is 1.75. The number of fused-ring (bicyclic) bond motifs is 1. The Bertz CT molecular complexity index is 998. The summed E-state index contributed by atoms with van der Waals surface area (Å²) in [6.45, 7) is 11.9.